The molecule has 118 valence electrons. The van der Waals surface area contributed by atoms with Crippen molar-refractivity contribution in [3.8, 4) is 11.5 Å². The van der Waals surface area contributed by atoms with Crippen LogP contribution >= 0.6 is 11.3 Å². The Labute approximate surface area is 133 Å². The molecule has 1 aliphatic heterocycles. The number of fused-ring (bicyclic) bond motifs is 2. The molecule has 8 heteroatoms. The fourth-order valence-electron chi connectivity index (χ4n) is 2.61. The van der Waals surface area contributed by atoms with Crippen molar-refractivity contribution in [2.45, 2.75) is 12.6 Å². The molecule has 1 aliphatic rings. The van der Waals surface area contributed by atoms with E-state index in [1.807, 2.05) is 18.2 Å². The second kappa shape index (κ2) is 5.17. The number of aromatic nitrogens is 2. The van der Waals surface area contributed by atoms with E-state index in [0.29, 0.717) is 21.7 Å². The van der Waals surface area contributed by atoms with Crippen LogP contribution in [0.25, 0.3) is 10.2 Å². The van der Waals surface area contributed by atoms with Crippen LogP contribution in [0, 0.1) is 0 Å². The van der Waals surface area contributed by atoms with Gasteiger partial charge >= 0.3 is 11.2 Å². The minimum atomic E-state index is -0.789. The van der Waals surface area contributed by atoms with Crippen molar-refractivity contribution in [2.24, 2.45) is 0 Å². The Balaban J connectivity index is 1.73. The molecule has 3 heterocycles. The molecule has 0 saturated heterocycles. The first-order chi connectivity index (χ1) is 11.1. The minimum absolute atomic E-state index is 0.135. The molecule has 1 N–H and O–H groups in total. The van der Waals surface area contributed by atoms with E-state index in [4.69, 9.17) is 9.47 Å². The highest BCUT2D eigenvalue weighted by atomic mass is 32.1. The summed E-state index contributed by atoms with van der Waals surface area (Å²) < 4.78 is 13.3. The van der Waals surface area contributed by atoms with Gasteiger partial charge in [-0.2, -0.15) is 0 Å². The summed E-state index contributed by atoms with van der Waals surface area (Å²) in [5.41, 5.74) is -1.01. The number of hydrogen-bond donors (Lipinski definition) is 1. The highest BCUT2D eigenvalue weighted by Crippen LogP contribution is 2.31. The Bertz CT molecular complexity index is 1000. The number of hydrogen-bond acceptors (Lipinski definition) is 6. The lowest BCUT2D eigenvalue weighted by Crippen LogP contribution is -2.42. The van der Waals surface area contributed by atoms with Crippen molar-refractivity contribution < 1.29 is 14.7 Å². The van der Waals surface area contributed by atoms with Crippen LogP contribution in [-0.2, 0) is 6.54 Å². The smallest absolute Gasteiger partial charge is 0.365 e. The van der Waals surface area contributed by atoms with E-state index in [0.717, 1.165) is 0 Å². The summed E-state index contributed by atoms with van der Waals surface area (Å²) in [4.78, 5) is 24.1. The molecule has 3 aromatic rings. The van der Waals surface area contributed by atoms with Gasteiger partial charge in [0.1, 0.15) is 11.3 Å². The van der Waals surface area contributed by atoms with Gasteiger partial charge in [0.15, 0.2) is 17.6 Å². The van der Waals surface area contributed by atoms with E-state index in [1.54, 1.807) is 17.5 Å². The molecule has 4 rings (SSSR count). The molecule has 0 bridgehead atoms. The third-order valence-electron chi connectivity index (χ3n) is 3.69. The van der Waals surface area contributed by atoms with Crippen LogP contribution in [0.2, 0.25) is 0 Å². The van der Waals surface area contributed by atoms with Gasteiger partial charge in [-0.05, 0) is 23.6 Å². The third-order valence-corrected chi connectivity index (χ3v) is 4.58. The number of nitrogens with zero attached hydrogens (tertiary/aromatic N) is 2. The fraction of sp³-hybridized carbons (Fsp3) is 0.200. The first-order valence-electron chi connectivity index (χ1n) is 6.96. The summed E-state index contributed by atoms with van der Waals surface area (Å²) in [7, 11) is 0. The molecule has 0 radical (unpaired) electrons. The van der Waals surface area contributed by atoms with Crippen molar-refractivity contribution in [1.29, 1.82) is 0 Å². The molecular formula is C15H12N2O5S. The van der Waals surface area contributed by atoms with Gasteiger partial charge in [-0.25, -0.2) is 4.79 Å². The zero-order valence-corrected chi connectivity index (χ0v) is 12.7. The molecule has 1 aromatic carbocycles. The van der Waals surface area contributed by atoms with Gasteiger partial charge in [0, 0.05) is 0 Å². The molecule has 0 fully saturated rings. The van der Waals surface area contributed by atoms with Gasteiger partial charge in [0.05, 0.1) is 12.1 Å². The Morgan fingerprint density at radius 3 is 2.83 bits per heavy atom. The zero-order valence-electron chi connectivity index (χ0n) is 11.8. The zero-order chi connectivity index (χ0) is 16.0. The van der Waals surface area contributed by atoms with E-state index in [2.05, 4.69) is 0 Å². The molecule has 0 saturated carbocycles. The molecule has 7 nitrogen and oxygen atoms in total. The van der Waals surface area contributed by atoms with Crippen molar-refractivity contribution in [3.05, 3.63) is 56.5 Å². The average molecular weight is 332 g/mol. The van der Waals surface area contributed by atoms with Gasteiger partial charge in [-0.1, -0.05) is 16.9 Å². The van der Waals surface area contributed by atoms with Crippen molar-refractivity contribution >= 4 is 21.6 Å². The predicted octanol–water partition coefficient (Wildman–Crippen LogP) is 1.30. The lowest BCUT2D eigenvalue weighted by molar-refractivity contribution is 0.0752. The number of benzene rings is 1. The van der Waals surface area contributed by atoms with Crippen LogP contribution in [0.1, 0.15) is 0 Å². The fourth-order valence-corrected chi connectivity index (χ4v) is 3.43. The summed E-state index contributed by atoms with van der Waals surface area (Å²) in [6.07, 6.45) is -0.400. The van der Waals surface area contributed by atoms with Crippen molar-refractivity contribution in [3.63, 3.8) is 0 Å². The summed E-state index contributed by atoms with van der Waals surface area (Å²) in [6, 6.07) is 8.96. The quantitative estimate of drug-likeness (QED) is 0.715. The monoisotopic (exact) mass is 332 g/mol. The summed E-state index contributed by atoms with van der Waals surface area (Å²) in [5.74, 6) is 1.26. The molecular weight excluding hydrogens is 320 g/mol. The Morgan fingerprint density at radius 2 is 2.00 bits per heavy atom. The van der Waals surface area contributed by atoms with Crippen LogP contribution in [0.4, 0.5) is 0 Å². The lowest BCUT2D eigenvalue weighted by atomic mass is 10.2. The Kier molecular flexibility index (Phi) is 3.12. The second-order valence-corrected chi connectivity index (χ2v) is 6.06. The van der Waals surface area contributed by atoms with Crippen LogP contribution in [0.15, 0.2) is 45.3 Å². The maximum atomic E-state index is 12.2. The average Bonchev–Trinajstić information content (AvgIpc) is 3.06. The highest BCUT2D eigenvalue weighted by Gasteiger charge is 2.23. The summed E-state index contributed by atoms with van der Waals surface area (Å²) in [5, 5.41) is 11.4. The lowest BCUT2D eigenvalue weighted by Gasteiger charge is -2.27. The van der Waals surface area contributed by atoms with Crippen LogP contribution in [0.5, 0.6) is 11.5 Å². The van der Waals surface area contributed by atoms with Gasteiger partial charge in [-0.15, -0.1) is 11.3 Å². The molecule has 0 aliphatic carbocycles. The van der Waals surface area contributed by atoms with Crippen LogP contribution < -0.4 is 20.7 Å². The highest BCUT2D eigenvalue weighted by molar-refractivity contribution is 7.17. The normalized spacial score (nSPS) is 16.6. The topological polar surface area (TPSA) is 82.7 Å². The predicted molar refractivity (Wildman–Crippen MR) is 83.9 cm³/mol. The summed E-state index contributed by atoms with van der Waals surface area (Å²) >= 11 is 1.18. The molecule has 0 spiro atoms. The van der Waals surface area contributed by atoms with E-state index in [1.165, 1.54) is 15.9 Å². The van der Waals surface area contributed by atoms with Crippen molar-refractivity contribution in [2.75, 3.05) is 6.61 Å². The molecule has 0 unspecified atom stereocenters. The van der Waals surface area contributed by atoms with Gasteiger partial charge in [0.25, 0.3) is 0 Å². The Morgan fingerprint density at radius 1 is 1.22 bits per heavy atom. The first-order valence-corrected chi connectivity index (χ1v) is 7.84. The molecule has 2 aromatic heterocycles. The van der Waals surface area contributed by atoms with E-state index < -0.39 is 17.4 Å². The first kappa shape index (κ1) is 13.9. The van der Waals surface area contributed by atoms with E-state index >= 15 is 0 Å². The SMILES string of the molecule is O=c1c2sccc2n(C[C@H]2COc3ccccc3O2)c(=O)n1O. The Hall–Kier alpha value is -2.74. The maximum absolute atomic E-state index is 12.2. The maximum Gasteiger partial charge on any atom is 0.365 e. The minimum Gasteiger partial charge on any atom is -0.486 e. The second-order valence-electron chi connectivity index (χ2n) is 5.14. The van der Waals surface area contributed by atoms with Crippen LogP contribution in [-0.4, -0.2) is 27.2 Å². The summed E-state index contributed by atoms with van der Waals surface area (Å²) in [6.45, 7) is 0.445. The molecule has 0 amide bonds. The number of rotatable bonds is 2. The van der Waals surface area contributed by atoms with E-state index in [-0.39, 0.29) is 17.9 Å². The number of ether oxygens (including phenoxy) is 2. The van der Waals surface area contributed by atoms with Crippen LogP contribution in [0.3, 0.4) is 0 Å². The van der Waals surface area contributed by atoms with Crippen molar-refractivity contribution in [1.82, 2.24) is 9.30 Å². The third kappa shape index (κ3) is 2.18. The largest absolute Gasteiger partial charge is 0.486 e. The van der Waals surface area contributed by atoms with Gasteiger partial charge in [0.2, 0.25) is 0 Å². The number of para-hydroxylation sites is 2. The van der Waals surface area contributed by atoms with E-state index in [9.17, 15) is 14.8 Å². The molecule has 23 heavy (non-hydrogen) atoms. The standard InChI is InChI=1S/C15H12N2O5S/c18-14-13-10(5-6-23-13)16(15(19)17(14)20)7-9-8-21-11-3-1-2-4-12(11)22-9/h1-6,9,20H,7-8H2/t9-/m0/s1. The van der Waals surface area contributed by atoms with Gasteiger partial charge in [-0.3, -0.25) is 9.36 Å². The molecule has 1 atom stereocenters. The van der Waals surface area contributed by atoms with Gasteiger partial charge < -0.3 is 14.7 Å². The number of thiophene rings is 1.